The second-order valence-electron chi connectivity index (χ2n) is 4.65. The minimum absolute atomic E-state index is 0.0210. The minimum atomic E-state index is -3.66. The largest absolute Gasteiger partial charge is 0.477 e. The number of aromatic carboxylic acids is 1. The topological polar surface area (TPSA) is 87.6 Å². The van der Waals surface area contributed by atoms with Gasteiger partial charge in [-0.05, 0) is 17.7 Å². The second-order valence-corrected chi connectivity index (χ2v) is 7.50. The molecule has 0 radical (unpaired) electrons. The zero-order chi connectivity index (χ0) is 15.0. The van der Waals surface area contributed by atoms with E-state index >= 15 is 0 Å². The number of pyridine rings is 1. The number of thiophene rings is 1. The smallest absolute Gasteiger partial charge is 0.345 e. The van der Waals surface area contributed by atoms with Crippen LogP contribution in [0.2, 0.25) is 0 Å². The predicted molar refractivity (Wildman–Crippen MR) is 76.8 cm³/mol. The Hall–Kier alpha value is -1.77. The number of carbonyl (C=O) groups is 1. The molecule has 0 aromatic carbocycles. The molecule has 6 nitrogen and oxygen atoms in total. The highest BCUT2D eigenvalue weighted by atomic mass is 32.2. The highest BCUT2D eigenvalue weighted by Crippen LogP contribution is 2.26. The van der Waals surface area contributed by atoms with Gasteiger partial charge in [-0.1, -0.05) is 6.07 Å². The van der Waals surface area contributed by atoms with Crippen molar-refractivity contribution in [3.63, 3.8) is 0 Å². The summed E-state index contributed by atoms with van der Waals surface area (Å²) in [7, 11) is -3.66. The van der Waals surface area contributed by atoms with Gasteiger partial charge in [0.25, 0.3) is 0 Å². The molecule has 0 saturated heterocycles. The summed E-state index contributed by atoms with van der Waals surface area (Å²) in [6.07, 6.45) is 2.26. The summed E-state index contributed by atoms with van der Waals surface area (Å²) in [5.74, 6) is -1.12. The van der Waals surface area contributed by atoms with Gasteiger partial charge in [-0.25, -0.2) is 13.2 Å². The average Bonchev–Trinajstić information content (AvgIpc) is 2.97. The molecule has 2 aromatic rings. The number of carboxylic acids is 1. The van der Waals surface area contributed by atoms with Crippen molar-refractivity contribution in [1.29, 1.82) is 0 Å². The molecule has 2 aromatic heterocycles. The van der Waals surface area contributed by atoms with Crippen molar-refractivity contribution in [1.82, 2.24) is 9.29 Å². The first-order valence-electron chi connectivity index (χ1n) is 6.23. The number of nitrogens with zero attached hydrogens (tertiary/aromatic N) is 2. The predicted octanol–water partition coefficient (Wildman–Crippen LogP) is 1.59. The standard InChI is InChI=1S/C13H12N2O4S2/c16-13(17)12-6-10(8-20-12)21(18,19)15-5-3-11-9(7-15)2-1-4-14-11/h1-2,4,6,8H,3,5,7H2,(H,16,17). The van der Waals surface area contributed by atoms with Crippen LogP contribution in [0.4, 0.5) is 0 Å². The van der Waals surface area contributed by atoms with Crippen LogP contribution in [0.3, 0.4) is 0 Å². The molecular formula is C13H12N2O4S2. The molecule has 0 aliphatic carbocycles. The molecule has 3 rings (SSSR count). The van der Waals surface area contributed by atoms with Crippen molar-refractivity contribution < 1.29 is 18.3 Å². The van der Waals surface area contributed by atoms with E-state index in [9.17, 15) is 13.2 Å². The lowest BCUT2D eigenvalue weighted by molar-refractivity contribution is 0.0702. The van der Waals surface area contributed by atoms with Crippen LogP contribution in [0.15, 0.2) is 34.7 Å². The number of aromatic nitrogens is 1. The van der Waals surface area contributed by atoms with Crippen molar-refractivity contribution in [2.75, 3.05) is 6.54 Å². The molecule has 1 aliphatic heterocycles. The van der Waals surface area contributed by atoms with Gasteiger partial charge in [0, 0.05) is 36.8 Å². The van der Waals surface area contributed by atoms with Gasteiger partial charge in [0.15, 0.2) is 0 Å². The molecule has 3 heterocycles. The third-order valence-electron chi connectivity index (χ3n) is 3.35. The van der Waals surface area contributed by atoms with Crippen LogP contribution in [-0.2, 0) is 23.0 Å². The fourth-order valence-corrected chi connectivity index (χ4v) is 4.78. The SMILES string of the molecule is O=C(O)c1cc(S(=O)(=O)N2CCc3ncccc3C2)cs1. The second kappa shape index (κ2) is 5.21. The molecule has 0 saturated carbocycles. The van der Waals surface area contributed by atoms with E-state index in [-0.39, 0.29) is 16.3 Å². The minimum Gasteiger partial charge on any atom is -0.477 e. The summed E-state index contributed by atoms with van der Waals surface area (Å²) in [6, 6.07) is 4.85. The number of rotatable bonds is 3. The van der Waals surface area contributed by atoms with Gasteiger partial charge in [0.05, 0.1) is 4.90 Å². The number of fused-ring (bicyclic) bond motifs is 1. The van der Waals surface area contributed by atoms with Crippen LogP contribution in [0.25, 0.3) is 0 Å². The lowest BCUT2D eigenvalue weighted by atomic mass is 10.1. The number of hydrogen-bond donors (Lipinski definition) is 1. The molecule has 8 heteroatoms. The molecule has 0 spiro atoms. The molecule has 0 amide bonds. The summed E-state index contributed by atoms with van der Waals surface area (Å²) >= 11 is 0.916. The fourth-order valence-electron chi connectivity index (χ4n) is 2.26. The van der Waals surface area contributed by atoms with Crippen LogP contribution in [-0.4, -0.2) is 35.3 Å². The zero-order valence-corrected chi connectivity index (χ0v) is 12.5. The average molecular weight is 324 g/mol. The van der Waals surface area contributed by atoms with Gasteiger partial charge in [0.1, 0.15) is 4.88 Å². The number of sulfonamides is 1. The van der Waals surface area contributed by atoms with E-state index in [4.69, 9.17) is 5.11 Å². The lowest BCUT2D eigenvalue weighted by Crippen LogP contribution is -2.36. The van der Waals surface area contributed by atoms with Crippen molar-refractivity contribution in [2.24, 2.45) is 0 Å². The monoisotopic (exact) mass is 324 g/mol. The van der Waals surface area contributed by atoms with Crippen molar-refractivity contribution in [3.05, 3.63) is 45.9 Å². The summed E-state index contributed by atoms with van der Waals surface area (Å²) in [5, 5.41) is 10.3. The summed E-state index contributed by atoms with van der Waals surface area (Å²) in [5.41, 5.74) is 1.81. The van der Waals surface area contributed by atoms with Gasteiger partial charge >= 0.3 is 5.97 Å². The number of carboxylic acid groups (broad SMARTS) is 1. The summed E-state index contributed by atoms with van der Waals surface area (Å²) < 4.78 is 26.5. The van der Waals surface area contributed by atoms with Crippen molar-refractivity contribution >= 4 is 27.3 Å². The maximum Gasteiger partial charge on any atom is 0.345 e. The first-order chi connectivity index (χ1) is 9.98. The first-order valence-corrected chi connectivity index (χ1v) is 8.55. The van der Waals surface area contributed by atoms with Gasteiger partial charge in [0.2, 0.25) is 10.0 Å². The lowest BCUT2D eigenvalue weighted by Gasteiger charge is -2.26. The van der Waals surface area contributed by atoms with Crippen molar-refractivity contribution in [2.45, 2.75) is 17.9 Å². The van der Waals surface area contributed by atoms with E-state index in [0.29, 0.717) is 13.0 Å². The fraction of sp³-hybridized carbons (Fsp3) is 0.231. The Morgan fingerprint density at radius 3 is 2.95 bits per heavy atom. The van der Waals surface area contributed by atoms with E-state index in [1.54, 1.807) is 12.3 Å². The Kier molecular flexibility index (Phi) is 3.52. The molecule has 21 heavy (non-hydrogen) atoms. The highest BCUT2D eigenvalue weighted by molar-refractivity contribution is 7.89. The third kappa shape index (κ3) is 2.57. The van der Waals surface area contributed by atoms with E-state index in [1.165, 1.54) is 15.8 Å². The van der Waals surface area contributed by atoms with Gasteiger partial charge < -0.3 is 5.11 Å². The summed E-state index contributed by atoms with van der Waals surface area (Å²) in [6.45, 7) is 0.619. The Balaban J connectivity index is 1.91. The van der Waals surface area contributed by atoms with Crippen LogP contribution in [0, 0.1) is 0 Å². The molecule has 110 valence electrons. The molecule has 0 fully saturated rings. The molecule has 0 bridgehead atoms. The molecule has 0 atom stereocenters. The van der Waals surface area contributed by atoms with Gasteiger partial charge in [-0.2, -0.15) is 4.31 Å². The Morgan fingerprint density at radius 2 is 2.24 bits per heavy atom. The maximum atomic E-state index is 12.6. The van der Waals surface area contributed by atoms with E-state index < -0.39 is 16.0 Å². The van der Waals surface area contributed by atoms with Crippen LogP contribution in [0.1, 0.15) is 20.9 Å². The zero-order valence-electron chi connectivity index (χ0n) is 10.9. The normalized spacial score (nSPS) is 15.6. The maximum absolute atomic E-state index is 12.6. The van der Waals surface area contributed by atoms with E-state index in [2.05, 4.69) is 4.98 Å². The van der Waals surface area contributed by atoms with Crippen LogP contribution < -0.4 is 0 Å². The number of hydrogen-bond acceptors (Lipinski definition) is 5. The van der Waals surface area contributed by atoms with Gasteiger partial charge in [-0.3, -0.25) is 4.98 Å². The Labute approximate surface area is 125 Å². The van der Waals surface area contributed by atoms with Crippen LogP contribution in [0.5, 0.6) is 0 Å². The Morgan fingerprint density at radius 1 is 1.43 bits per heavy atom. The van der Waals surface area contributed by atoms with E-state index in [1.807, 2.05) is 6.07 Å². The molecule has 1 aliphatic rings. The third-order valence-corrected chi connectivity index (χ3v) is 6.24. The van der Waals surface area contributed by atoms with E-state index in [0.717, 1.165) is 22.6 Å². The quantitative estimate of drug-likeness (QED) is 0.926. The Bertz CT molecular complexity index is 798. The van der Waals surface area contributed by atoms with Crippen molar-refractivity contribution in [3.8, 4) is 0 Å². The molecule has 0 unspecified atom stereocenters. The summed E-state index contributed by atoms with van der Waals surface area (Å²) in [4.78, 5) is 15.2. The van der Waals surface area contributed by atoms with Gasteiger partial charge in [-0.15, -0.1) is 11.3 Å². The first kappa shape index (κ1) is 14.2. The highest BCUT2D eigenvalue weighted by Gasteiger charge is 2.30. The molecule has 1 N–H and O–H groups in total. The van der Waals surface area contributed by atoms with Crippen LogP contribution >= 0.6 is 11.3 Å². The molecular weight excluding hydrogens is 312 g/mol.